The number of hydrogen-bond donors (Lipinski definition) is 1. The van der Waals surface area contributed by atoms with Crippen molar-refractivity contribution in [2.75, 3.05) is 12.0 Å². The fourth-order valence-electron chi connectivity index (χ4n) is 4.53. The minimum atomic E-state index is -0.460. The molecule has 0 radical (unpaired) electrons. The first-order valence-electron chi connectivity index (χ1n) is 12.1. The van der Waals surface area contributed by atoms with Crippen molar-refractivity contribution in [3.05, 3.63) is 101 Å². The third-order valence-corrected chi connectivity index (χ3v) is 6.48. The standard InChI is InChI=1S/C28H26N4O5S/c1-17(2)36-20-10-7-18(8-11-20)31-27(26(30-28(31)38)22-6-4-5-15-29-22)24-14-13-23(37-24)21-12-9-19(32(33)34)16-25(21)35-3/h4-17,26-27H,1-3H3,(H,30,38)/t26-,27+/m0/s1. The maximum atomic E-state index is 11.2. The number of nitrogens with zero attached hydrogens (tertiary/aromatic N) is 3. The molecule has 0 amide bonds. The number of nitro benzene ring substituents is 1. The number of rotatable bonds is 8. The number of non-ortho nitro benzene ring substituents is 1. The summed E-state index contributed by atoms with van der Waals surface area (Å²) in [6, 6.07) is 21.0. The molecule has 2 aromatic carbocycles. The van der Waals surface area contributed by atoms with E-state index in [1.165, 1.54) is 19.2 Å². The van der Waals surface area contributed by atoms with Gasteiger partial charge in [-0.15, -0.1) is 0 Å². The molecule has 10 heteroatoms. The monoisotopic (exact) mass is 530 g/mol. The molecule has 194 valence electrons. The lowest BCUT2D eigenvalue weighted by Crippen LogP contribution is -2.29. The molecule has 0 saturated carbocycles. The summed E-state index contributed by atoms with van der Waals surface area (Å²) in [6.45, 7) is 3.96. The molecular weight excluding hydrogens is 504 g/mol. The molecule has 1 fully saturated rings. The van der Waals surface area contributed by atoms with E-state index in [9.17, 15) is 10.1 Å². The first-order valence-corrected chi connectivity index (χ1v) is 12.5. The molecule has 1 aliphatic rings. The molecular formula is C28H26N4O5S. The third kappa shape index (κ3) is 4.90. The van der Waals surface area contributed by atoms with E-state index < -0.39 is 4.92 Å². The minimum absolute atomic E-state index is 0.0611. The van der Waals surface area contributed by atoms with Gasteiger partial charge in [-0.1, -0.05) is 6.07 Å². The summed E-state index contributed by atoms with van der Waals surface area (Å²) < 4.78 is 17.6. The van der Waals surface area contributed by atoms with Gasteiger partial charge < -0.3 is 24.1 Å². The zero-order valence-corrected chi connectivity index (χ0v) is 21.8. The molecule has 2 aromatic heterocycles. The van der Waals surface area contributed by atoms with Gasteiger partial charge in [0, 0.05) is 18.0 Å². The van der Waals surface area contributed by atoms with Crippen LogP contribution >= 0.6 is 12.2 Å². The molecule has 1 N–H and O–H groups in total. The SMILES string of the molecule is COc1cc([N+](=O)[O-])ccc1-c1ccc([C@@H]2[C@H](c3ccccn3)NC(=S)N2c2ccc(OC(C)C)cc2)o1. The quantitative estimate of drug-likeness (QED) is 0.161. The molecule has 5 rings (SSSR count). The first kappa shape index (κ1) is 25.2. The molecule has 0 unspecified atom stereocenters. The van der Waals surface area contributed by atoms with Gasteiger partial charge >= 0.3 is 0 Å². The molecule has 1 saturated heterocycles. The van der Waals surface area contributed by atoms with Gasteiger partial charge in [0.25, 0.3) is 5.69 Å². The fourth-order valence-corrected chi connectivity index (χ4v) is 4.88. The topological polar surface area (TPSA) is 103 Å². The van der Waals surface area contributed by atoms with Gasteiger partial charge in [-0.2, -0.15) is 0 Å². The van der Waals surface area contributed by atoms with Crippen LogP contribution in [0.4, 0.5) is 11.4 Å². The zero-order valence-electron chi connectivity index (χ0n) is 21.0. The Bertz CT molecular complexity index is 1460. The summed E-state index contributed by atoms with van der Waals surface area (Å²) >= 11 is 5.79. The van der Waals surface area contributed by atoms with Crippen molar-refractivity contribution in [3.8, 4) is 22.8 Å². The van der Waals surface area contributed by atoms with Crippen LogP contribution in [0.2, 0.25) is 0 Å². The van der Waals surface area contributed by atoms with Crippen LogP contribution < -0.4 is 19.7 Å². The van der Waals surface area contributed by atoms with Crippen molar-refractivity contribution in [2.24, 2.45) is 0 Å². The second-order valence-electron chi connectivity index (χ2n) is 9.00. The highest BCUT2D eigenvalue weighted by Gasteiger charge is 2.42. The second kappa shape index (κ2) is 10.5. The van der Waals surface area contributed by atoms with Crippen LogP contribution in [0.15, 0.2) is 83.4 Å². The Morgan fingerprint density at radius 1 is 1.11 bits per heavy atom. The molecule has 4 aromatic rings. The van der Waals surface area contributed by atoms with E-state index in [4.69, 9.17) is 26.1 Å². The molecule has 0 aliphatic carbocycles. The van der Waals surface area contributed by atoms with Crippen molar-refractivity contribution in [1.82, 2.24) is 10.3 Å². The smallest absolute Gasteiger partial charge is 0.273 e. The summed E-state index contributed by atoms with van der Waals surface area (Å²) in [5.74, 6) is 2.28. The summed E-state index contributed by atoms with van der Waals surface area (Å²) in [5, 5.41) is 15.2. The van der Waals surface area contributed by atoms with Crippen LogP contribution in [-0.4, -0.2) is 28.2 Å². The van der Waals surface area contributed by atoms with Crippen molar-refractivity contribution in [2.45, 2.75) is 32.0 Å². The van der Waals surface area contributed by atoms with E-state index in [2.05, 4.69) is 10.3 Å². The van der Waals surface area contributed by atoms with Crippen LogP contribution in [-0.2, 0) is 0 Å². The third-order valence-electron chi connectivity index (χ3n) is 6.16. The average molecular weight is 531 g/mol. The minimum Gasteiger partial charge on any atom is -0.496 e. The number of nitro groups is 1. The second-order valence-corrected chi connectivity index (χ2v) is 9.39. The summed E-state index contributed by atoms with van der Waals surface area (Å²) in [4.78, 5) is 17.3. The largest absolute Gasteiger partial charge is 0.496 e. The van der Waals surface area contributed by atoms with Crippen molar-refractivity contribution >= 4 is 28.7 Å². The van der Waals surface area contributed by atoms with Gasteiger partial charge in [-0.3, -0.25) is 15.1 Å². The number of furan rings is 1. The molecule has 0 spiro atoms. The number of thiocarbonyl (C=S) groups is 1. The number of benzene rings is 2. The van der Waals surface area contributed by atoms with Crippen LogP contribution in [0.5, 0.6) is 11.5 Å². The Labute approximate surface area is 225 Å². The lowest BCUT2D eigenvalue weighted by atomic mass is 10.0. The number of nitrogens with one attached hydrogen (secondary N) is 1. The number of ether oxygens (including phenoxy) is 2. The van der Waals surface area contributed by atoms with Crippen LogP contribution in [0.25, 0.3) is 11.3 Å². The van der Waals surface area contributed by atoms with E-state index in [0.717, 1.165) is 17.1 Å². The van der Waals surface area contributed by atoms with E-state index in [0.29, 0.717) is 27.9 Å². The summed E-state index contributed by atoms with van der Waals surface area (Å²) in [6.07, 6.45) is 1.81. The zero-order chi connectivity index (χ0) is 26.8. The Morgan fingerprint density at radius 3 is 2.55 bits per heavy atom. The van der Waals surface area contributed by atoms with Crippen molar-refractivity contribution in [3.63, 3.8) is 0 Å². The molecule has 1 aliphatic heterocycles. The lowest BCUT2D eigenvalue weighted by Gasteiger charge is -2.26. The molecule has 9 nitrogen and oxygen atoms in total. The molecule has 2 atom stereocenters. The van der Waals surface area contributed by atoms with Crippen molar-refractivity contribution in [1.29, 1.82) is 0 Å². The summed E-state index contributed by atoms with van der Waals surface area (Å²) in [7, 11) is 1.47. The van der Waals surface area contributed by atoms with E-state index in [1.54, 1.807) is 12.3 Å². The van der Waals surface area contributed by atoms with Gasteiger partial charge in [0.15, 0.2) is 5.11 Å². The molecule has 38 heavy (non-hydrogen) atoms. The Balaban J connectivity index is 1.56. The van der Waals surface area contributed by atoms with E-state index in [-0.39, 0.29) is 23.9 Å². The lowest BCUT2D eigenvalue weighted by molar-refractivity contribution is -0.384. The van der Waals surface area contributed by atoms with Gasteiger partial charge in [-0.25, -0.2) is 0 Å². The highest BCUT2D eigenvalue weighted by atomic mass is 32.1. The van der Waals surface area contributed by atoms with E-state index in [1.807, 2.05) is 73.3 Å². The molecule has 0 bridgehead atoms. The van der Waals surface area contributed by atoms with Crippen LogP contribution in [0, 0.1) is 10.1 Å². The van der Waals surface area contributed by atoms with Gasteiger partial charge in [0.05, 0.1) is 41.5 Å². The van der Waals surface area contributed by atoms with Crippen LogP contribution in [0.3, 0.4) is 0 Å². The van der Waals surface area contributed by atoms with E-state index >= 15 is 0 Å². The first-order chi connectivity index (χ1) is 18.4. The van der Waals surface area contributed by atoms with Gasteiger partial charge in [0.2, 0.25) is 0 Å². The maximum Gasteiger partial charge on any atom is 0.273 e. The fraction of sp³-hybridized carbons (Fsp3) is 0.214. The Hall–Kier alpha value is -4.44. The van der Waals surface area contributed by atoms with Crippen molar-refractivity contribution < 1.29 is 18.8 Å². The van der Waals surface area contributed by atoms with Gasteiger partial charge in [-0.05, 0) is 80.7 Å². The highest BCUT2D eigenvalue weighted by Crippen LogP contribution is 2.44. The normalized spacial score (nSPS) is 16.9. The highest BCUT2D eigenvalue weighted by molar-refractivity contribution is 7.80. The Kier molecular flexibility index (Phi) is 6.97. The average Bonchev–Trinajstić information content (AvgIpc) is 3.53. The predicted molar refractivity (Wildman–Crippen MR) is 147 cm³/mol. The Morgan fingerprint density at radius 2 is 1.89 bits per heavy atom. The number of aromatic nitrogens is 1. The van der Waals surface area contributed by atoms with Gasteiger partial charge in [0.1, 0.15) is 29.1 Å². The van der Waals surface area contributed by atoms with Crippen LogP contribution in [0.1, 0.15) is 37.4 Å². The number of anilines is 1. The number of methoxy groups -OCH3 is 1. The number of pyridine rings is 1. The summed E-state index contributed by atoms with van der Waals surface area (Å²) in [5.41, 5.74) is 2.23. The molecule has 3 heterocycles. The maximum absolute atomic E-state index is 11.2. The number of hydrogen-bond acceptors (Lipinski definition) is 7. The predicted octanol–water partition coefficient (Wildman–Crippen LogP) is 6.22.